The molecule has 7 nitrogen and oxygen atoms in total. The Hall–Kier alpha value is -4.01. The average Bonchev–Trinajstić information content (AvgIpc) is 3.25. The molecule has 0 unspecified atom stereocenters. The second-order valence-corrected chi connectivity index (χ2v) is 5.99. The lowest BCUT2D eigenvalue weighted by molar-refractivity contribution is 0.0598. The van der Waals surface area contributed by atoms with Gasteiger partial charge >= 0.3 is 5.97 Å². The topological polar surface area (TPSA) is 97.0 Å². The summed E-state index contributed by atoms with van der Waals surface area (Å²) in [5.41, 5.74) is 0.820. The molecule has 0 amide bonds. The first kappa shape index (κ1) is 18.4. The number of benzene rings is 1. The van der Waals surface area contributed by atoms with Crippen molar-refractivity contribution in [2.24, 2.45) is 4.99 Å². The van der Waals surface area contributed by atoms with Crippen molar-refractivity contribution in [2.75, 3.05) is 12.4 Å². The second-order valence-electron chi connectivity index (χ2n) is 5.99. The molecule has 0 saturated heterocycles. The molecule has 1 aromatic carbocycles. The highest BCUT2D eigenvalue weighted by atomic mass is 19.1. The van der Waals surface area contributed by atoms with Gasteiger partial charge in [0.1, 0.15) is 11.6 Å². The van der Waals surface area contributed by atoms with Gasteiger partial charge < -0.3 is 19.6 Å². The summed E-state index contributed by atoms with van der Waals surface area (Å²) in [5.74, 6) is -2.89. The van der Waals surface area contributed by atoms with Gasteiger partial charge in [-0.15, -0.1) is 0 Å². The molecule has 0 radical (unpaired) electrons. The number of esters is 1. The van der Waals surface area contributed by atoms with Gasteiger partial charge in [0.05, 0.1) is 12.8 Å². The van der Waals surface area contributed by atoms with E-state index in [1.807, 2.05) is 0 Å². The summed E-state index contributed by atoms with van der Waals surface area (Å²) in [5, 5.41) is 13.1. The molecular formula is C20H13F2N3O4. The van der Waals surface area contributed by atoms with Crippen LogP contribution in [0.15, 0.2) is 45.9 Å². The van der Waals surface area contributed by atoms with Gasteiger partial charge in [0.25, 0.3) is 0 Å². The molecule has 2 N–H and O–H groups in total. The quantitative estimate of drug-likeness (QED) is 0.632. The van der Waals surface area contributed by atoms with Crippen molar-refractivity contribution in [1.82, 2.24) is 4.98 Å². The van der Waals surface area contributed by atoms with Crippen molar-refractivity contribution in [3.63, 3.8) is 0 Å². The minimum absolute atomic E-state index is 0.0754. The number of anilines is 2. The summed E-state index contributed by atoms with van der Waals surface area (Å²) in [7, 11) is 1.13. The highest BCUT2D eigenvalue weighted by Gasteiger charge is 2.27. The van der Waals surface area contributed by atoms with Crippen LogP contribution in [0, 0.1) is 11.6 Å². The summed E-state index contributed by atoms with van der Waals surface area (Å²) < 4.78 is 37.4. The van der Waals surface area contributed by atoms with E-state index >= 15 is 0 Å². The Morgan fingerprint density at radius 3 is 2.90 bits per heavy atom. The third kappa shape index (κ3) is 3.33. The lowest BCUT2D eigenvalue weighted by Crippen LogP contribution is -2.04. The van der Waals surface area contributed by atoms with E-state index in [1.165, 1.54) is 12.3 Å². The van der Waals surface area contributed by atoms with E-state index in [9.17, 15) is 18.7 Å². The molecule has 9 heteroatoms. The summed E-state index contributed by atoms with van der Waals surface area (Å²) in [6.45, 7) is 0. The first-order chi connectivity index (χ1) is 14.0. The number of carbonyl (C=O) groups is 1. The molecule has 0 atom stereocenters. The summed E-state index contributed by atoms with van der Waals surface area (Å²) in [4.78, 5) is 20.4. The number of methoxy groups -OCH3 is 1. The number of nitrogens with one attached hydrogen (secondary N) is 1. The first-order valence-electron chi connectivity index (χ1n) is 8.35. The van der Waals surface area contributed by atoms with Crippen LogP contribution in [0.5, 0.6) is 5.75 Å². The molecule has 146 valence electrons. The van der Waals surface area contributed by atoms with Crippen LogP contribution >= 0.6 is 0 Å². The van der Waals surface area contributed by atoms with Gasteiger partial charge in [-0.3, -0.25) is 0 Å². The van der Waals surface area contributed by atoms with Crippen LogP contribution < -0.4 is 5.32 Å². The maximum atomic E-state index is 14.0. The molecule has 4 rings (SSSR count). The Labute approximate surface area is 163 Å². The minimum Gasteiger partial charge on any atom is -0.504 e. The summed E-state index contributed by atoms with van der Waals surface area (Å²) >= 11 is 0. The largest absolute Gasteiger partial charge is 0.504 e. The highest BCUT2D eigenvalue weighted by molar-refractivity contribution is 6.21. The first-order valence-corrected chi connectivity index (χ1v) is 8.35. The fraction of sp³-hybridized carbons (Fsp3) is 0.0500. The predicted molar refractivity (Wildman–Crippen MR) is 102 cm³/mol. The van der Waals surface area contributed by atoms with Gasteiger partial charge in [0.2, 0.25) is 5.88 Å². The summed E-state index contributed by atoms with van der Waals surface area (Å²) in [6, 6.07) is 6.36. The molecule has 0 spiro atoms. The average molecular weight is 397 g/mol. The van der Waals surface area contributed by atoms with E-state index in [4.69, 9.17) is 4.42 Å². The van der Waals surface area contributed by atoms with Gasteiger partial charge in [-0.2, -0.15) is 0 Å². The van der Waals surface area contributed by atoms with Crippen LogP contribution in [0.3, 0.4) is 0 Å². The van der Waals surface area contributed by atoms with Crippen LogP contribution in [-0.4, -0.2) is 29.4 Å². The number of halogens is 2. The fourth-order valence-electron chi connectivity index (χ4n) is 2.81. The van der Waals surface area contributed by atoms with Crippen molar-refractivity contribution in [3.05, 3.63) is 65.1 Å². The van der Waals surface area contributed by atoms with Crippen molar-refractivity contribution in [3.8, 4) is 5.75 Å². The maximum absolute atomic E-state index is 14.0. The van der Waals surface area contributed by atoms with E-state index < -0.39 is 23.4 Å². The van der Waals surface area contributed by atoms with E-state index in [2.05, 4.69) is 20.0 Å². The number of hydrogen-bond donors (Lipinski definition) is 2. The van der Waals surface area contributed by atoms with Crippen molar-refractivity contribution in [2.45, 2.75) is 0 Å². The Morgan fingerprint density at radius 2 is 2.14 bits per heavy atom. The Morgan fingerprint density at radius 1 is 1.31 bits per heavy atom. The van der Waals surface area contributed by atoms with Gasteiger partial charge in [-0.25, -0.2) is 23.6 Å². The Balaban J connectivity index is 1.78. The number of fused-ring (bicyclic) bond motifs is 1. The normalized spacial score (nSPS) is 13.6. The monoisotopic (exact) mass is 397 g/mol. The van der Waals surface area contributed by atoms with Gasteiger partial charge in [0.15, 0.2) is 22.9 Å². The zero-order chi connectivity index (χ0) is 20.5. The number of aliphatic imine (C=N–C) groups is 1. The highest BCUT2D eigenvalue weighted by Crippen LogP contribution is 2.39. The number of ether oxygens (including phenoxy) is 1. The van der Waals surface area contributed by atoms with Crippen LogP contribution in [0.2, 0.25) is 0 Å². The third-order valence-corrected chi connectivity index (χ3v) is 4.19. The molecular weight excluding hydrogens is 384 g/mol. The minimum atomic E-state index is -0.903. The van der Waals surface area contributed by atoms with E-state index in [0.717, 1.165) is 19.2 Å². The molecule has 3 heterocycles. The number of aromatic nitrogens is 1. The Kier molecular flexibility index (Phi) is 4.55. The SMILES string of the molecule is COC(=O)c1c(Nc2ccc(F)cc2F)oc(C=C2C=Nc3ncccc32)c1O. The second kappa shape index (κ2) is 7.19. The smallest absolute Gasteiger partial charge is 0.347 e. The van der Waals surface area contributed by atoms with E-state index in [1.54, 1.807) is 18.3 Å². The maximum Gasteiger partial charge on any atom is 0.347 e. The van der Waals surface area contributed by atoms with E-state index in [0.29, 0.717) is 23.0 Å². The number of carbonyl (C=O) groups excluding carboxylic acids is 1. The van der Waals surface area contributed by atoms with Gasteiger partial charge in [0, 0.05) is 29.6 Å². The molecule has 0 saturated carbocycles. The van der Waals surface area contributed by atoms with Gasteiger partial charge in [-0.1, -0.05) is 0 Å². The van der Waals surface area contributed by atoms with Crippen LogP contribution in [0.25, 0.3) is 11.6 Å². The Bertz CT molecular complexity index is 1180. The molecule has 29 heavy (non-hydrogen) atoms. The molecule has 0 fully saturated rings. The standard InChI is InChI=1S/C20H13F2N3O4/c1-28-20(27)16-17(26)15(7-10-9-24-18-12(10)3-2-6-23-18)29-19(16)25-14-5-4-11(21)8-13(14)22/h2-9,25-26H,1H3. The molecule has 3 aromatic rings. The third-order valence-electron chi connectivity index (χ3n) is 4.19. The fourth-order valence-corrected chi connectivity index (χ4v) is 2.81. The molecule has 2 aromatic heterocycles. The number of hydrogen-bond acceptors (Lipinski definition) is 7. The van der Waals surface area contributed by atoms with Crippen molar-refractivity contribution < 1.29 is 27.8 Å². The van der Waals surface area contributed by atoms with Crippen LogP contribution in [0.4, 0.5) is 26.2 Å². The van der Waals surface area contributed by atoms with Crippen LogP contribution in [-0.2, 0) is 4.74 Å². The van der Waals surface area contributed by atoms with Crippen LogP contribution in [0.1, 0.15) is 21.7 Å². The zero-order valence-electron chi connectivity index (χ0n) is 14.9. The van der Waals surface area contributed by atoms with Crippen molar-refractivity contribution in [1.29, 1.82) is 0 Å². The van der Waals surface area contributed by atoms with Gasteiger partial charge in [-0.05, 0) is 30.3 Å². The number of allylic oxidation sites excluding steroid dienone is 1. The molecule has 1 aliphatic rings. The van der Waals surface area contributed by atoms with Crippen molar-refractivity contribution >= 4 is 41.2 Å². The predicted octanol–water partition coefficient (Wildman–Crippen LogP) is 4.45. The number of pyridine rings is 1. The molecule has 0 aliphatic carbocycles. The number of rotatable bonds is 4. The summed E-state index contributed by atoms with van der Waals surface area (Å²) in [6.07, 6.45) is 4.59. The number of aromatic hydroxyl groups is 1. The van der Waals surface area contributed by atoms with E-state index in [-0.39, 0.29) is 22.9 Å². The lowest BCUT2D eigenvalue weighted by atomic mass is 10.1. The molecule has 1 aliphatic heterocycles. The zero-order valence-corrected chi connectivity index (χ0v) is 14.9. The molecule has 0 bridgehead atoms. The lowest BCUT2D eigenvalue weighted by Gasteiger charge is -2.06. The number of furan rings is 1. The number of nitrogens with zero attached hydrogens (tertiary/aromatic N) is 2.